The van der Waals surface area contributed by atoms with E-state index in [0.29, 0.717) is 19.4 Å². The number of likely N-dealkylation sites (tertiary alicyclic amines) is 1. The van der Waals surface area contributed by atoms with Crippen LogP contribution in [0, 0.1) is 0 Å². The molecule has 134 valence electrons. The van der Waals surface area contributed by atoms with Crippen molar-refractivity contribution in [3.8, 4) is 0 Å². The van der Waals surface area contributed by atoms with E-state index in [1.54, 1.807) is 0 Å². The van der Waals surface area contributed by atoms with Crippen molar-refractivity contribution >= 4 is 5.91 Å². The number of hydrogen-bond donors (Lipinski definition) is 2. The molecule has 0 radical (unpaired) electrons. The largest absolute Gasteiger partial charge is 0.471 e. The average molecular weight is 344 g/mol. The molecule has 2 atom stereocenters. The third-order valence-electron chi connectivity index (χ3n) is 4.34. The van der Waals surface area contributed by atoms with Crippen LogP contribution in [-0.2, 0) is 4.79 Å². The first-order valence-electron chi connectivity index (χ1n) is 8.20. The normalized spacial score (nSPS) is 20.1. The van der Waals surface area contributed by atoms with Crippen LogP contribution in [0.4, 0.5) is 13.2 Å². The van der Waals surface area contributed by atoms with Crippen molar-refractivity contribution in [1.82, 2.24) is 10.2 Å². The lowest BCUT2D eigenvalue weighted by molar-refractivity contribution is -0.173. The summed E-state index contributed by atoms with van der Waals surface area (Å²) in [5.74, 6) is -1.89. The second-order valence-corrected chi connectivity index (χ2v) is 6.10. The van der Waals surface area contributed by atoms with E-state index in [-0.39, 0.29) is 12.6 Å². The van der Waals surface area contributed by atoms with Crippen LogP contribution in [0.3, 0.4) is 0 Å². The van der Waals surface area contributed by atoms with E-state index in [4.69, 9.17) is 0 Å². The zero-order valence-corrected chi connectivity index (χ0v) is 13.4. The fourth-order valence-electron chi connectivity index (χ4n) is 3.11. The van der Waals surface area contributed by atoms with Gasteiger partial charge in [-0.25, -0.2) is 0 Å². The smallest absolute Gasteiger partial charge is 0.388 e. The quantitative estimate of drug-likeness (QED) is 0.748. The molecule has 1 saturated heterocycles. The molecule has 0 aromatic heterocycles. The van der Waals surface area contributed by atoms with E-state index in [9.17, 15) is 23.1 Å². The molecular formula is C17H23F3N2O2. The molecule has 2 rings (SSSR count). The molecule has 1 aromatic rings. The van der Waals surface area contributed by atoms with Crippen LogP contribution in [0.2, 0.25) is 0 Å². The minimum Gasteiger partial charge on any atom is -0.388 e. The number of aliphatic hydroxyl groups excluding tert-OH is 1. The van der Waals surface area contributed by atoms with E-state index in [2.05, 4.69) is 4.90 Å². The fourth-order valence-corrected chi connectivity index (χ4v) is 3.11. The molecule has 1 amide bonds. The Kier molecular flexibility index (Phi) is 6.62. The molecule has 4 nitrogen and oxygen atoms in total. The first kappa shape index (κ1) is 18.7. The third-order valence-corrected chi connectivity index (χ3v) is 4.34. The van der Waals surface area contributed by atoms with Crippen molar-refractivity contribution in [1.29, 1.82) is 0 Å². The first-order valence-corrected chi connectivity index (χ1v) is 8.20. The Bertz CT molecular complexity index is 522. The van der Waals surface area contributed by atoms with Gasteiger partial charge in [0.2, 0.25) is 0 Å². The second-order valence-electron chi connectivity index (χ2n) is 6.10. The molecular weight excluding hydrogens is 321 g/mol. The van der Waals surface area contributed by atoms with Crippen molar-refractivity contribution in [2.45, 2.75) is 44.0 Å². The van der Waals surface area contributed by atoms with Gasteiger partial charge in [0.25, 0.3) is 0 Å². The van der Waals surface area contributed by atoms with Gasteiger partial charge in [-0.3, -0.25) is 4.79 Å². The first-order chi connectivity index (χ1) is 11.4. The number of carbonyl (C=O) groups is 1. The molecule has 1 aliphatic heterocycles. The molecule has 0 spiro atoms. The van der Waals surface area contributed by atoms with E-state index in [1.807, 2.05) is 35.6 Å². The Morgan fingerprint density at radius 2 is 2.04 bits per heavy atom. The summed E-state index contributed by atoms with van der Waals surface area (Å²) in [7, 11) is 0. The molecule has 1 heterocycles. The number of rotatable bonds is 7. The summed E-state index contributed by atoms with van der Waals surface area (Å²) in [6.07, 6.45) is -2.31. The number of hydrogen-bond acceptors (Lipinski definition) is 3. The lowest BCUT2D eigenvalue weighted by Gasteiger charge is -2.26. The molecule has 7 heteroatoms. The summed E-state index contributed by atoms with van der Waals surface area (Å²) in [4.78, 5) is 12.9. The highest BCUT2D eigenvalue weighted by Gasteiger charge is 2.38. The van der Waals surface area contributed by atoms with Gasteiger partial charge in [0.1, 0.15) is 0 Å². The molecule has 1 fully saturated rings. The van der Waals surface area contributed by atoms with Gasteiger partial charge in [0.05, 0.1) is 6.10 Å². The predicted octanol–water partition coefficient (Wildman–Crippen LogP) is 2.64. The summed E-state index contributed by atoms with van der Waals surface area (Å²) in [5, 5.41) is 12.2. The molecule has 1 aromatic carbocycles. The summed E-state index contributed by atoms with van der Waals surface area (Å²) in [5.41, 5.74) is 0.877. The highest BCUT2D eigenvalue weighted by Crippen LogP contribution is 2.27. The number of nitrogens with zero attached hydrogens (tertiary/aromatic N) is 1. The molecule has 2 N–H and O–H groups in total. The summed E-state index contributed by atoms with van der Waals surface area (Å²) >= 11 is 0. The van der Waals surface area contributed by atoms with Crippen LogP contribution in [0.15, 0.2) is 30.3 Å². The lowest BCUT2D eigenvalue weighted by Crippen LogP contribution is -2.39. The van der Waals surface area contributed by atoms with Crippen molar-refractivity contribution in [3.63, 3.8) is 0 Å². The van der Waals surface area contributed by atoms with Gasteiger partial charge in [-0.2, -0.15) is 13.2 Å². The number of carbonyl (C=O) groups excluding carboxylic acids is 1. The van der Waals surface area contributed by atoms with Crippen molar-refractivity contribution in [2.75, 3.05) is 19.6 Å². The van der Waals surface area contributed by atoms with Gasteiger partial charge in [0.15, 0.2) is 0 Å². The topological polar surface area (TPSA) is 52.6 Å². The maximum Gasteiger partial charge on any atom is 0.471 e. The number of aliphatic hydroxyl groups is 1. The van der Waals surface area contributed by atoms with Gasteiger partial charge in [-0.15, -0.1) is 0 Å². The SMILES string of the molecule is O=C(NCCCN1CCCC1CC(O)c1ccccc1)C(F)(F)F. The van der Waals surface area contributed by atoms with E-state index in [0.717, 1.165) is 24.9 Å². The van der Waals surface area contributed by atoms with E-state index >= 15 is 0 Å². The van der Waals surface area contributed by atoms with Crippen LogP contribution in [-0.4, -0.2) is 47.8 Å². The van der Waals surface area contributed by atoms with Gasteiger partial charge in [-0.05, 0) is 37.8 Å². The monoisotopic (exact) mass is 344 g/mol. The van der Waals surface area contributed by atoms with E-state index in [1.165, 1.54) is 0 Å². The minimum absolute atomic E-state index is 0.00278. The number of amides is 1. The maximum absolute atomic E-state index is 12.1. The van der Waals surface area contributed by atoms with Crippen LogP contribution >= 0.6 is 0 Å². The molecule has 1 aliphatic rings. The van der Waals surface area contributed by atoms with Gasteiger partial charge in [0, 0.05) is 19.1 Å². The van der Waals surface area contributed by atoms with Crippen molar-refractivity contribution < 1.29 is 23.1 Å². The summed E-state index contributed by atoms with van der Waals surface area (Å²) < 4.78 is 36.3. The number of nitrogens with one attached hydrogen (secondary N) is 1. The molecule has 0 saturated carbocycles. The molecule has 0 aliphatic carbocycles. The lowest BCUT2D eigenvalue weighted by atomic mass is 10.0. The summed E-state index contributed by atoms with van der Waals surface area (Å²) in [6.45, 7) is 1.49. The zero-order valence-electron chi connectivity index (χ0n) is 13.4. The van der Waals surface area contributed by atoms with E-state index < -0.39 is 18.2 Å². The van der Waals surface area contributed by atoms with Gasteiger partial charge >= 0.3 is 12.1 Å². The highest BCUT2D eigenvalue weighted by atomic mass is 19.4. The Morgan fingerprint density at radius 3 is 2.71 bits per heavy atom. The minimum atomic E-state index is -4.82. The average Bonchev–Trinajstić information content (AvgIpc) is 2.98. The van der Waals surface area contributed by atoms with Crippen LogP contribution in [0.5, 0.6) is 0 Å². The van der Waals surface area contributed by atoms with Crippen LogP contribution in [0.1, 0.15) is 37.4 Å². The molecule has 24 heavy (non-hydrogen) atoms. The number of benzene rings is 1. The second kappa shape index (κ2) is 8.48. The maximum atomic E-state index is 12.1. The van der Waals surface area contributed by atoms with Crippen molar-refractivity contribution in [3.05, 3.63) is 35.9 Å². The third kappa shape index (κ3) is 5.49. The predicted molar refractivity (Wildman–Crippen MR) is 84.3 cm³/mol. The Morgan fingerprint density at radius 1 is 1.33 bits per heavy atom. The Labute approximate surface area is 139 Å². The summed E-state index contributed by atoms with van der Waals surface area (Å²) in [6, 6.07) is 9.65. The fraction of sp³-hybridized carbons (Fsp3) is 0.588. The number of halogens is 3. The van der Waals surface area contributed by atoms with Gasteiger partial charge < -0.3 is 15.3 Å². The number of alkyl halides is 3. The Balaban J connectivity index is 1.74. The Hall–Kier alpha value is -1.60. The van der Waals surface area contributed by atoms with Crippen molar-refractivity contribution in [2.24, 2.45) is 0 Å². The molecule has 2 unspecified atom stereocenters. The van der Waals surface area contributed by atoms with Crippen LogP contribution < -0.4 is 5.32 Å². The molecule has 0 bridgehead atoms. The van der Waals surface area contributed by atoms with Gasteiger partial charge in [-0.1, -0.05) is 30.3 Å². The zero-order chi connectivity index (χ0) is 17.6. The highest BCUT2D eigenvalue weighted by molar-refractivity contribution is 5.81. The standard InChI is InChI=1S/C17H23F3N2O2/c18-17(19,20)16(24)21-9-5-11-22-10-4-8-14(22)12-15(23)13-6-2-1-3-7-13/h1-3,6-7,14-15,23H,4-5,8-12H2,(H,21,24). The van der Waals surface area contributed by atoms with Crippen LogP contribution in [0.25, 0.3) is 0 Å².